The molecule has 3 rings (SSSR count). The van der Waals surface area contributed by atoms with E-state index in [-0.39, 0.29) is 12.3 Å². The molecule has 2 aliphatic rings. The summed E-state index contributed by atoms with van der Waals surface area (Å²) >= 11 is 0. The zero-order valence-electron chi connectivity index (χ0n) is 11.8. The van der Waals surface area contributed by atoms with Crippen molar-refractivity contribution in [3.05, 3.63) is 29.8 Å². The Morgan fingerprint density at radius 1 is 1.19 bits per heavy atom. The van der Waals surface area contributed by atoms with Gasteiger partial charge in [-0.1, -0.05) is 12.1 Å². The molecule has 2 heterocycles. The average molecular weight is 312 g/mol. The second-order valence-electron chi connectivity index (χ2n) is 5.54. The number of hydrogen-bond acceptors (Lipinski definition) is 5. The minimum Gasteiger partial charge on any atom is -0.399 e. The summed E-state index contributed by atoms with van der Waals surface area (Å²) in [5.74, 6) is -0.754. The van der Waals surface area contributed by atoms with Gasteiger partial charge in [-0.3, -0.25) is 0 Å². The first-order valence-electron chi connectivity index (χ1n) is 7.09. The van der Waals surface area contributed by atoms with E-state index in [1.807, 2.05) is 0 Å². The zero-order chi connectivity index (χ0) is 14.9. The van der Waals surface area contributed by atoms with Crippen LogP contribution in [0.3, 0.4) is 0 Å². The Hall–Kier alpha value is -1.15. The van der Waals surface area contributed by atoms with E-state index in [2.05, 4.69) is 0 Å². The molecule has 0 unspecified atom stereocenters. The molecule has 0 radical (unpaired) electrons. The number of ether oxygens (including phenoxy) is 2. The SMILES string of the molecule is Nc1ccc(CS(=O)(=O)N2CCCC3(C2)OCCO3)cc1. The largest absolute Gasteiger partial charge is 0.399 e. The maximum Gasteiger partial charge on any atom is 0.218 e. The van der Waals surface area contributed by atoms with Crippen LogP contribution in [0.2, 0.25) is 0 Å². The highest BCUT2D eigenvalue weighted by Gasteiger charge is 2.43. The molecule has 0 aromatic heterocycles. The van der Waals surface area contributed by atoms with E-state index >= 15 is 0 Å². The van der Waals surface area contributed by atoms with Crippen molar-refractivity contribution < 1.29 is 17.9 Å². The Morgan fingerprint density at radius 3 is 2.52 bits per heavy atom. The molecule has 0 atom stereocenters. The van der Waals surface area contributed by atoms with Gasteiger partial charge in [0.25, 0.3) is 0 Å². The lowest BCUT2D eigenvalue weighted by Crippen LogP contribution is -2.51. The number of rotatable bonds is 3. The van der Waals surface area contributed by atoms with Crippen LogP contribution < -0.4 is 5.73 Å². The van der Waals surface area contributed by atoms with Crippen LogP contribution in [0.1, 0.15) is 18.4 Å². The molecule has 7 heteroatoms. The summed E-state index contributed by atoms with van der Waals surface area (Å²) in [6.45, 7) is 1.87. The van der Waals surface area contributed by atoms with Gasteiger partial charge < -0.3 is 15.2 Å². The van der Waals surface area contributed by atoms with Gasteiger partial charge in [0.15, 0.2) is 5.79 Å². The predicted octanol–water partition coefficient (Wildman–Crippen LogP) is 0.937. The lowest BCUT2D eigenvalue weighted by Gasteiger charge is -2.37. The summed E-state index contributed by atoms with van der Waals surface area (Å²) in [6, 6.07) is 6.92. The van der Waals surface area contributed by atoms with Gasteiger partial charge in [-0.05, 0) is 24.1 Å². The van der Waals surface area contributed by atoms with E-state index in [1.54, 1.807) is 24.3 Å². The third-order valence-corrected chi connectivity index (χ3v) is 5.71. The summed E-state index contributed by atoms with van der Waals surface area (Å²) < 4.78 is 37.9. The number of nitrogen functional groups attached to an aromatic ring is 1. The Bertz CT molecular complexity index is 594. The molecule has 2 fully saturated rings. The van der Waals surface area contributed by atoms with Crippen molar-refractivity contribution in [2.75, 3.05) is 32.0 Å². The minimum atomic E-state index is -3.38. The molecule has 2 N–H and O–H groups in total. The van der Waals surface area contributed by atoms with Gasteiger partial charge in [0, 0.05) is 18.7 Å². The molecule has 2 saturated heterocycles. The van der Waals surface area contributed by atoms with Crippen LogP contribution in [0.4, 0.5) is 5.69 Å². The van der Waals surface area contributed by atoms with E-state index < -0.39 is 15.8 Å². The second-order valence-corrected chi connectivity index (χ2v) is 7.51. The van der Waals surface area contributed by atoms with Crippen molar-refractivity contribution >= 4 is 15.7 Å². The Balaban J connectivity index is 1.73. The average Bonchev–Trinajstić information content (AvgIpc) is 2.89. The smallest absolute Gasteiger partial charge is 0.218 e. The third-order valence-electron chi connectivity index (χ3n) is 3.92. The van der Waals surface area contributed by atoms with Crippen molar-refractivity contribution in [3.63, 3.8) is 0 Å². The number of hydrogen-bond donors (Lipinski definition) is 1. The quantitative estimate of drug-likeness (QED) is 0.840. The van der Waals surface area contributed by atoms with Crippen LogP contribution >= 0.6 is 0 Å². The normalized spacial score (nSPS) is 22.7. The number of sulfonamides is 1. The zero-order valence-corrected chi connectivity index (χ0v) is 12.6. The van der Waals surface area contributed by atoms with E-state index in [0.717, 1.165) is 18.4 Å². The summed E-state index contributed by atoms with van der Waals surface area (Å²) in [6.07, 6.45) is 1.50. The van der Waals surface area contributed by atoms with Crippen LogP contribution in [0.15, 0.2) is 24.3 Å². The second kappa shape index (κ2) is 5.57. The Labute approximate surface area is 124 Å². The maximum absolute atomic E-state index is 12.6. The van der Waals surface area contributed by atoms with Gasteiger partial charge in [0.1, 0.15) is 0 Å². The molecule has 116 valence electrons. The highest BCUT2D eigenvalue weighted by Crippen LogP contribution is 2.31. The molecular weight excluding hydrogens is 292 g/mol. The molecule has 0 saturated carbocycles. The van der Waals surface area contributed by atoms with E-state index in [4.69, 9.17) is 15.2 Å². The predicted molar refractivity (Wildman–Crippen MR) is 78.9 cm³/mol. The van der Waals surface area contributed by atoms with Crippen molar-refractivity contribution in [1.29, 1.82) is 0 Å². The van der Waals surface area contributed by atoms with Crippen molar-refractivity contribution in [2.45, 2.75) is 24.4 Å². The number of benzene rings is 1. The van der Waals surface area contributed by atoms with Crippen molar-refractivity contribution in [2.24, 2.45) is 0 Å². The summed E-state index contributed by atoms with van der Waals surface area (Å²) in [5.41, 5.74) is 6.98. The van der Waals surface area contributed by atoms with E-state index in [1.165, 1.54) is 4.31 Å². The van der Waals surface area contributed by atoms with Gasteiger partial charge in [-0.2, -0.15) is 4.31 Å². The molecule has 21 heavy (non-hydrogen) atoms. The Kier molecular flexibility index (Phi) is 3.92. The molecule has 2 aliphatic heterocycles. The molecule has 1 aromatic rings. The van der Waals surface area contributed by atoms with Gasteiger partial charge >= 0.3 is 0 Å². The fourth-order valence-electron chi connectivity index (χ4n) is 2.84. The Morgan fingerprint density at radius 2 is 1.86 bits per heavy atom. The van der Waals surface area contributed by atoms with Crippen LogP contribution in [0.25, 0.3) is 0 Å². The fourth-order valence-corrected chi connectivity index (χ4v) is 4.43. The molecule has 1 spiro atoms. The van der Waals surface area contributed by atoms with Crippen LogP contribution in [0.5, 0.6) is 0 Å². The van der Waals surface area contributed by atoms with Gasteiger partial charge in [-0.15, -0.1) is 0 Å². The number of anilines is 1. The summed E-state index contributed by atoms with van der Waals surface area (Å²) in [5, 5.41) is 0. The third kappa shape index (κ3) is 3.21. The molecule has 0 amide bonds. The van der Waals surface area contributed by atoms with Crippen molar-refractivity contribution in [3.8, 4) is 0 Å². The molecule has 0 bridgehead atoms. The fraction of sp³-hybridized carbons (Fsp3) is 0.571. The van der Waals surface area contributed by atoms with Gasteiger partial charge in [0.05, 0.1) is 25.5 Å². The van der Waals surface area contributed by atoms with Gasteiger partial charge in [-0.25, -0.2) is 8.42 Å². The standard InChI is InChI=1S/C14H20N2O4S/c15-13-4-2-12(3-5-13)10-21(17,18)16-7-1-6-14(11-16)19-8-9-20-14/h2-5H,1,6-11,15H2. The first kappa shape index (κ1) is 14.8. The molecule has 6 nitrogen and oxygen atoms in total. The first-order valence-corrected chi connectivity index (χ1v) is 8.70. The van der Waals surface area contributed by atoms with E-state index in [9.17, 15) is 8.42 Å². The van der Waals surface area contributed by atoms with Crippen molar-refractivity contribution in [1.82, 2.24) is 4.31 Å². The lowest BCUT2D eigenvalue weighted by molar-refractivity contribution is -0.179. The monoisotopic (exact) mass is 312 g/mol. The van der Waals surface area contributed by atoms with Gasteiger partial charge in [0.2, 0.25) is 10.0 Å². The molecule has 1 aromatic carbocycles. The number of nitrogens with two attached hydrogens (primary N) is 1. The molecule has 0 aliphatic carbocycles. The first-order chi connectivity index (χ1) is 9.99. The highest BCUT2D eigenvalue weighted by molar-refractivity contribution is 7.88. The minimum absolute atomic E-state index is 0.0244. The van der Waals surface area contributed by atoms with Crippen LogP contribution in [-0.4, -0.2) is 44.8 Å². The number of piperidine rings is 1. The van der Waals surface area contributed by atoms with Crippen LogP contribution in [-0.2, 0) is 25.2 Å². The highest BCUT2D eigenvalue weighted by atomic mass is 32.2. The van der Waals surface area contributed by atoms with Crippen LogP contribution in [0, 0.1) is 0 Å². The number of nitrogens with zero attached hydrogens (tertiary/aromatic N) is 1. The molecular formula is C14H20N2O4S. The maximum atomic E-state index is 12.6. The lowest BCUT2D eigenvalue weighted by atomic mass is 10.1. The summed E-state index contributed by atoms with van der Waals surface area (Å²) in [7, 11) is -3.38. The topological polar surface area (TPSA) is 81.9 Å². The van der Waals surface area contributed by atoms with E-state index in [0.29, 0.717) is 25.4 Å². The summed E-state index contributed by atoms with van der Waals surface area (Å²) in [4.78, 5) is 0.